The summed E-state index contributed by atoms with van der Waals surface area (Å²) in [5.41, 5.74) is 1.35. The predicted molar refractivity (Wildman–Crippen MR) is 116 cm³/mol. The van der Waals surface area contributed by atoms with Gasteiger partial charge < -0.3 is 19.6 Å². The molecule has 1 atom stereocenters. The Balaban J connectivity index is 1.42. The zero-order valence-corrected chi connectivity index (χ0v) is 18.2. The molecule has 2 heterocycles. The molecule has 0 fully saturated rings. The first-order valence-electron chi connectivity index (χ1n) is 9.46. The van der Waals surface area contributed by atoms with E-state index in [4.69, 9.17) is 8.94 Å². The molecule has 0 saturated heterocycles. The lowest BCUT2D eigenvalue weighted by atomic mass is 10.1. The van der Waals surface area contributed by atoms with Gasteiger partial charge in [-0.15, -0.1) is 0 Å². The summed E-state index contributed by atoms with van der Waals surface area (Å²) in [4.78, 5) is 29.2. The smallest absolute Gasteiger partial charge is 0.291 e. The van der Waals surface area contributed by atoms with Crippen LogP contribution in [0.4, 0.5) is 10.1 Å². The van der Waals surface area contributed by atoms with Crippen LogP contribution in [0.2, 0.25) is 0 Å². The molecule has 2 amide bonds. The standard InChI is InChI=1S/C22H16BrFN4O4/c1-12(22-27-19(28-32-22)13-5-7-15(24)8-6-13)25-20(29)14-3-2-4-16(11-14)26-21(30)17-9-10-18(23)31-17/h2-12H,1H3,(H,25,29)(H,26,30). The maximum Gasteiger partial charge on any atom is 0.291 e. The van der Waals surface area contributed by atoms with E-state index in [1.54, 1.807) is 31.2 Å². The number of halogens is 2. The average molecular weight is 499 g/mol. The van der Waals surface area contributed by atoms with E-state index in [1.165, 1.54) is 36.4 Å². The summed E-state index contributed by atoms with van der Waals surface area (Å²) in [6.45, 7) is 1.69. The maximum atomic E-state index is 13.1. The van der Waals surface area contributed by atoms with Crippen LogP contribution in [-0.2, 0) is 0 Å². The fourth-order valence-electron chi connectivity index (χ4n) is 2.84. The van der Waals surface area contributed by atoms with Crippen molar-refractivity contribution >= 4 is 33.4 Å². The van der Waals surface area contributed by atoms with Crippen molar-refractivity contribution in [3.05, 3.63) is 88.4 Å². The van der Waals surface area contributed by atoms with Crippen LogP contribution in [-0.4, -0.2) is 22.0 Å². The topological polar surface area (TPSA) is 110 Å². The second-order valence-electron chi connectivity index (χ2n) is 6.80. The van der Waals surface area contributed by atoms with Crippen molar-refractivity contribution in [2.24, 2.45) is 0 Å². The number of anilines is 1. The molecule has 2 aromatic heterocycles. The van der Waals surface area contributed by atoms with Crippen molar-refractivity contribution in [1.82, 2.24) is 15.5 Å². The molecule has 162 valence electrons. The van der Waals surface area contributed by atoms with Crippen molar-refractivity contribution in [2.75, 3.05) is 5.32 Å². The van der Waals surface area contributed by atoms with Crippen LogP contribution in [0.5, 0.6) is 0 Å². The molecule has 32 heavy (non-hydrogen) atoms. The summed E-state index contributed by atoms with van der Waals surface area (Å²) in [6, 6.07) is 14.7. The van der Waals surface area contributed by atoms with Gasteiger partial charge in [0.15, 0.2) is 10.4 Å². The first kappa shape index (κ1) is 21.4. The minimum absolute atomic E-state index is 0.133. The highest BCUT2D eigenvalue weighted by Gasteiger charge is 2.19. The number of nitrogens with zero attached hydrogens (tertiary/aromatic N) is 2. The Morgan fingerprint density at radius 1 is 1.06 bits per heavy atom. The van der Waals surface area contributed by atoms with Crippen molar-refractivity contribution in [1.29, 1.82) is 0 Å². The lowest BCUT2D eigenvalue weighted by Gasteiger charge is -2.11. The second kappa shape index (κ2) is 9.15. The third-order valence-electron chi connectivity index (χ3n) is 4.44. The van der Waals surface area contributed by atoms with E-state index in [-0.39, 0.29) is 23.3 Å². The summed E-state index contributed by atoms with van der Waals surface area (Å²) in [5.74, 6) is -0.583. The average Bonchev–Trinajstić information content (AvgIpc) is 3.44. The maximum absolute atomic E-state index is 13.1. The van der Waals surface area contributed by atoms with Crippen LogP contribution >= 0.6 is 15.9 Å². The molecule has 8 nitrogen and oxygen atoms in total. The molecule has 0 radical (unpaired) electrons. The number of rotatable bonds is 6. The van der Waals surface area contributed by atoms with Crippen LogP contribution in [0.15, 0.2) is 74.3 Å². The quantitative estimate of drug-likeness (QED) is 0.388. The molecule has 10 heteroatoms. The van der Waals surface area contributed by atoms with Crippen LogP contribution < -0.4 is 10.6 Å². The van der Waals surface area contributed by atoms with E-state index >= 15 is 0 Å². The van der Waals surface area contributed by atoms with Crippen LogP contribution in [0.25, 0.3) is 11.4 Å². The highest BCUT2D eigenvalue weighted by molar-refractivity contribution is 9.10. The Hall–Kier alpha value is -3.79. The molecule has 4 aromatic rings. The summed E-state index contributed by atoms with van der Waals surface area (Å²) >= 11 is 3.14. The first-order chi connectivity index (χ1) is 15.4. The molecule has 2 aromatic carbocycles. The zero-order chi connectivity index (χ0) is 22.7. The van der Waals surface area contributed by atoms with Gasteiger partial charge in [-0.2, -0.15) is 4.98 Å². The number of benzene rings is 2. The van der Waals surface area contributed by atoms with Crippen LogP contribution in [0, 0.1) is 5.82 Å². The van der Waals surface area contributed by atoms with E-state index < -0.39 is 17.9 Å². The molecular formula is C22H16BrFN4O4. The lowest BCUT2D eigenvalue weighted by Crippen LogP contribution is -2.27. The third-order valence-corrected chi connectivity index (χ3v) is 4.87. The number of carbonyl (C=O) groups is 2. The van der Waals surface area contributed by atoms with Gasteiger partial charge in [0.2, 0.25) is 11.7 Å². The first-order valence-corrected chi connectivity index (χ1v) is 10.3. The van der Waals surface area contributed by atoms with E-state index in [0.29, 0.717) is 21.5 Å². The van der Waals surface area contributed by atoms with Gasteiger partial charge in [0.05, 0.1) is 0 Å². The number of carbonyl (C=O) groups excluding carboxylic acids is 2. The van der Waals surface area contributed by atoms with Gasteiger partial charge in [-0.25, -0.2) is 4.39 Å². The summed E-state index contributed by atoms with van der Waals surface area (Å²) in [5, 5.41) is 9.32. The molecule has 1 unspecified atom stereocenters. The van der Waals surface area contributed by atoms with Gasteiger partial charge >= 0.3 is 0 Å². The minimum Gasteiger partial charge on any atom is -0.444 e. The Bertz CT molecular complexity index is 1270. The Morgan fingerprint density at radius 3 is 2.56 bits per heavy atom. The highest BCUT2D eigenvalue weighted by Crippen LogP contribution is 2.20. The number of furan rings is 1. The number of hydrogen-bond acceptors (Lipinski definition) is 6. The molecule has 0 bridgehead atoms. The molecule has 4 rings (SSSR count). The van der Waals surface area contributed by atoms with E-state index in [1.807, 2.05) is 0 Å². The molecule has 2 N–H and O–H groups in total. The fourth-order valence-corrected chi connectivity index (χ4v) is 3.14. The Kier molecular flexibility index (Phi) is 6.13. The molecule has 0 spiro atoms. The largest absolute Gasteiger partial charge is 0.444 e. The van der Waals surface area contributed by atoms with E-state index in [9.17, 15) is 14.0 Å². The van der Waals surface area contributed by atoms with Crippen molar-refractivity contribution < 1.29 is 22.9 Å². The third kappa shape index (κ3) is 4.92. The summed E-state index contributed by atoms with van der Waals surface area (Å²) < 4.78 is 24.0. The van der Waals surface area contributed by atoms with Crippen LogP contribution in [0.1, 0.15) is 39.8 Å². The highest BCUT2D eigenvalue weighted by atomic mass is 79.9. The molecule has 0 aliphatic carbocycles. The van der Waals surface area contributed by atoms with E-state index in [0.717, 1.165) is 0 Å². The van der Waals surface area contributed by atoms with Gasteiger partial charge in [-0.1, -0.05) is 11.2 Å². The van der Waals surface area contributed by atoms with Gasteiger partial charge in [-0.05, 0) is 77.5 Å². The van der Waals surface area contributed by atoms with Gasteiger partial charge in [0.1, 0.15) is 11.9 Å². The molecular weight excluding hydrogens is 483 g/mol. The summed E-state index contributed by atoms with van der Waals surface area (Å²) in [6.07, 6.45) is 0. The van der Waals surface area contributed by atoms with Crippen LogP contribution in [0.3, 0.4) is 0 Å². The monoisotopic (exact) mass is 498 g/mol. The SMILES string of the molecule is CC(NC(=O)c1cccc(NC(=O)c2ccc(Br)o2)c1)c1nc(-c2ccc(F)cc2)no1. The van der Waals surface area contributed by atoms with Gasteiger partial charge in [0, 0.05) is 16.8 Å². The molecule has 0 saturated carbocycles. The van der Waals surface area contributed by atoms with Crippen molar-refractivity contribution in [3.63, 3.8) is 0 Å². The predicted octanol–water partition coefficient (Wildman–Crippen LogP) is 4.97. The number of amides is 2. The van der Waals surface area contributed by atoms with Crippen molar-refractivity contribution in [3.8, 4) is 11.4 Å². The van der Waals surface area contributed by atoms with Gasteiger partial charge in [0.25, 0.3) is 11.8 Å². The number of hydrogen-bond donors (Lipinski definition) is 2. The van der Waals surface area contributed by atoms with Gasteiger partial charge in [-0.3, -0.25) is 9.59 Å². The second-order valence-corrected chi connectivity index (χ2v) is 7.58. The summed E-state index contributed by atoms with van der Waals surface area (Å²) in [7, 11) is 0. The molecule has 0 aliphatic rings. The Labute approximate surface area is 189 Å². The zero-order valence-electron chi connectivity index (χ0n) is 16.6. The fraction of sp³-hybridized carbons (Fsp3) is 0.0909. The number of aromatic nitrogens is 2. The van der Waals surface area contributed by atoms with Crippen molar-refractivity contribution in [2.45, 2.75) is 13.0 Å². The Morgan fingerprint density at radius 2 is 1.84 bits per heavy atom. The molecule has 0 aliphatic heterocycles. The normalized spacial score (nSPS) is 11.7. The minimum atomic E-state index is -0.581. The van der Waals surface area contributed by atoms with E-state index in [2.05, 4.69) is 36.7 Å². The lowest BCUT2D eigenvalue weighted by molar-refractivity contribution is 0.0931. The number of nitrogens with one attached hydrogen (secondary N) is 2.